The average molecular weight is 343 g/mol. The third-order valence-corrected chi connectivity index (χ3v) is 3.83. The SMILES string of the molecule is CC(C)(C)CC(C)(C)NC(=O)Cc1nnnn1CCc1ccccc1. The molecule has 0 saturated heterocycles. The molecule has 0 saturated carbocycles. The fraction of sp³-hybridized carbons (Fsp3) is 0.579. The van der Waals surface area contributed by atoms with Crippen LogP contribution in [0.5, 0.6) is 0 Å². The predicted octanol–water partition coefficient (Wildman–Crippen LogP) is 2.79. The molecule has 0 bridgehead atoms. The van der Waals surface area contributed by atoms with Crippen LogP contribution >= 0.6 is 0 Å². The number of carbonyl (C=O) groups excluding carboxylic acids is 1. The van der Waals surface area contributed by atoms with Crippen LogP contribution in [-0.2, 0) is 24.2 Å². The summed E-state index contributed by atoms with van der Waals surface area (Å²) in [6, 6.07) is 10.2. The van der Waals surface area contributed by atoms with Gasteiger partial charge in [0.15, 0.2) is 5.82 Å². The van der Waals surface area contributed by atoms with Crippen LogP contribution in [-0.4, -0.2) is 31.7 Å². The highest BCUT2D eigenvalue weighted by Gasteiger charge is 2.27. The third kappa shape index (κ3) is 6.64. The fourth-order valence-electron chi connectivity index (χ4n) is 3.34. The van der Waals surface area contributed by atoms with Crippen LogP contribution in [0.25, 0.3) is 0 Å². The number of aryl methyl sites for hydroxylation is 2. The van der Waals surface area contributed by atoms with Gasteiger partial charge in [0.25, 0.3) is 0 Å². The van der Waals surface area contributed by atoms with Crippen LogP contribution in [0.4, 0.5) is 0 Å². The normalized spacial score (nSPS) is 12.2. The highest BCUT2D eigenvalue weighted by Crippen LogP contribution is 2.26. The van der Waals surface area contributed by atoms with E-state index in [1.54, 1.807) is 4.68 Å². The van der Waals surface area contributed by atoms with E-state index in [0.717, 1.165) is 12.8 Å². The van der Waals surface area contributed by atoms with Crippen molar-refractivity contribution in [3.8, 4) is 0 Å². The Kier molecular flexibility index (Phi) is 5.93. The summed E-state index contributed by atoms with van der Waals surface area (Å²) in [7, 11) is 0. The van der Waals surface area contributed by atoms with Gasteiger partial charge in [0.1, 0.15) is 0 Å². The third-order valence-electron chi connectivity index (χ3n) is 3.83. The maximum Gasteiger partial charge on any atom is 0.228 e. The minimum atomic E-state index is -0.266. The molecule has 0 unspecified atom stereocenters. The van der Waals surface area contributed by atoms with Crippen molar-refractivity contribution < 1.29 is 4.79 Å². The van der Waals surface area contributed by atoms with E-state index < -0.39 is 0 Å². The number of nitrogens with one attached hydrogen (secondary N) is 1. The summed E-state index contributed by atoms with van der Waals surface area (Å²) < 4.78 is 1.71. The second-order valence-corrected chi connectivity index (χ2v) is 8.40. The summed E-state index contributed by atoms with van der Waals surface area (Å²) in [6.07, 6.45) is 1.91. The van der Waals surface area contributed by atoms with Gasteiger partial charge in [-0.3, -0.25) is 4.79 Å². The molecule has 0 aliphatic rings. The monoisotopic (exact) mass is 343 g/mol. The maximum absolute atomic E-state index is 12.4. The number of tetrazole rings is 1. The van der Waals surface area contributed by atoms with Crippen molar-refractivity contribution in [2.45, 2.75) is 66.0 Å². The topological polar surface area (TPSA) is 72.7 Å². The summed E-state index contributed by atoms with van der Waals surface area (Å²) in [5.74, 6) is 0.546. The number of aromatic nitrogens is 4. The molecule has 1 aromatic carbocycles. The van der Waals surface area contributed by atoms with Crippen LogP contribution < -0.4 is 5.32 Å². The van der Waals surface area contributed by atoms with E-state index in [2.05, 4.69) is 67.6 Å². The molecule has 1 N–H and O–H groups in total. The molecule has 0 atom stereocenters. The lowest BCUT2D eigenvalue weighted by Crippen LogP contribution is -2.46. The molecule has 1 amide bonds. The Morgan fingerprint density at radius 1 is 1.12 bits per heavy atom. The van der Waals surface area contributed by atoms with Crippen LogP contribution in [0.2, 0.25) is 0 Å². The van der Waals surface area contributed by atoms with E-state index in [-0.39, 0.29) is 23.3 Å². The lowest BCUT2D eigenvalue weighted by atomic mass is 9.82. The van der Waals surface area contributed by atoms with E-state index in [9.17, 15) is 4.79 Å². The van der Waals surface area contributed by atoms with Gasteiger partial charge in [-0.2, -0.15) is 0 Å². The zero-order valence-corrected chi connectivity index (χ0v) is 15.9. The molecule has 0 aliphatic heterocycles. The number of nitrogens with zero attached hydrogens (tertiary/aromatic N) is 4. The maximum atomic E-state index is 12.4. The van der Waals surface area contributed by atoms with Gasteiger partial charge in [-0.25, -0.2) is 4.68 Å². The van der Waals surface area contributed by atoms with Crippen LogP contribution in [0, 0.1) is 5.41 Å². The molecular formula is C19H29N5O. The molecule has 1 aromatic heterocycles. The lowest BCUT2D eigenvalue weighted by Gasteiger charge is -2.33. The number of hydrogen-bond acceptors (Lipinski definition) is 4. The quantitative estimate of drug-likeness (QED) is 0.839. The van der Waals surface area contributed by atoms with Gasteiger partial charge in [0.05, 0.1) is 6.42 Å². The summed E-state index contributed by atoms with van der Waals surface area (Å²) >= 11 is 0. The Morgan fingerprint density at radius 2 is 1.80 bits per heavy atom. The van der Waals surface area contributed by atoms with Crippen LogP contribution in [0.1, 0.15) is 52.4 Å². The van der Waals surface area contributed by atoms with Gasteiger partial charge in [0.2, 0.25) is 5.91 Å². The molecule has 6 heteroatoms. The van der Waals surface area contributed by atoms with Crippen LogP contribution in [0.15, 0.2) is 30.3 Å². The van der Waals surface area contributed by atoms with Gasteiger partial charge < -0.3 is 5.32 Å². The van der Waals surface area contributed by atoms with E-state index in [4.69, 9.17) is 0 Å². The first-order valence-electron chi connectivity index (χ1n) is 8.75. The van der Waals surface area contributed by atoms with E-state index in [1.807, 2.05) is 18.2 Å². The first-order chi connectivity index (χ1) is 11.6. The predicted molar refractivity (Wildman–Crippen MR) is 98.0 cm³/mol. The highest BCUT2D eigenvalue weighted by molar-refractivity contribution is 5.78. The molecule has 0 radical (unpaired) electrons. The summed E-state index contributed by atoms with van der Waals surface area (Å²) in [6.45, 7) is 11.3. The Bertz CT molecular complexity index is 685. The summed E-state index contributed by atoms with van der Waals surface area (Å²) in [5, 5.41) is 14.9. The molecule has 25 heavy (non-hydrogen) atoms. The average Bonchev–Trinajstić information content (AvgIpc) is 2.90. The Morgan fingerprint density at radius 3 is 2.44 bits per heavy atom. The van der Waals surface area contributed by atoms with E-state index >= 15 is 0 Å². The largest absolute Gasteiger partial charge is 0.351 e. The zero-order valence-electron chi connectivity index (χ0n) is 15.9. The fourth-order valence-corrected chi connectivity index (χ4v) is 3.34. The number of carbonyl (C=O) groups is 1. The van der Waals surface area contributed by atoms with Gasteiger partial charge in [0, 0.05) is 12.1 Å². The molecule has 6 nitrogen and oxygen atoms in total. The number of hydrogen-bond donors (Lipinski definition) is 1. The molecule has 0 spiro atoms. The highest BCUT2D eigenvalue weighted by atomic mass is 16.1. The number of rotatable bonds is 7. The molecule has 0 aliphatic carbocycles. The smallest absolute Gasteiger partial charge is 0.228 e. The second kappa shape index (κ2) is 7.76. The lowest BCUT2D eigenvalue weighted by molar-refractivity contribution is -0.122. The van der Waals surface area contributed by atoms with E-state index in [0.29, 0.717) is 12.4 Å². The van der Waals surface area contributed by atoms with Crippen LogP contribution in [0.3, 0.4) is 0 Å². The molecule has 2 rings (SSSR count). The van der Waals surface area contributed by atoms with Gasteiger partial charge in [-0.05, 0) is 48.1 Å². The Balaban J connectivity index is 1.92. The van der Waals surface area contributed by atoms with Crippen molar-refractivity contribution in [3.63, 3.8) is 0 Å². The molecule has 136 valence electrons. The van der Waals surface area contributed by atoms with Crippen molar-refractivity contribution in [2.75, 3.05) is 0 Å². The van der Waals surface area contributed by atoms with Crippen molar-refractivity contribution >= 4 is 5.91 Å². The second-order valence-electron chi connectivity index (χ2n) is 8.40. The number of benzene rings is 1. The minimum absolute atomic E-state index is 0.0509. The first-order valence-corrected chi connectivity index (χ1v) is 8.75. The van der Waals surface area contributed by atoms with Gasteiger partial charge in [-0.15, -0.1) is 5.10 Å². The van der Waals surface area contributed by atoms with Gasteiger partial charge >= 0.3 is 0 Å². The molecule has 2 aromatic rings. The Hall–Kier alpha value is -2.24. The first kappa shape index (κ1) is 19.1. The van der Waals surface area contributed by atoms with Crippen molar-refractivity contribution in [1.82, 2.24) is 25.5 Å². The molecule has 0 fully saturated rings. The minimum Gasteiger partial charge on any atom is -0.351 e. The number of amides is 1. The van der Waals surface area contributed by atoms with Gasteiger partial charge in [-0.1, -0.05) is 51.1 Å². The Labute approximate surface area is 150 Å². The standard InChI is InChI=1S/C19H29N5O/c1-18(2,3)14-19(4,5)20-17(25)13-16-21-22-23-24(16)12-11-15-9-7-6-8-10-15/h6-10H,11-14H2,1-5H3,(H,20,25). The van der Waals surface area contributed by atoms with E-state index in [1.165, 1.54) is 5.56 Å². The van der Waals surface area contributed by atoms with Crippen molar-refractivity contribution in [2.24, 2.45) is 5.41 Å². The molecule has 1 heterocycles. The summed E-state index contributed by atoms with van der Waals surface area (Å²) in [4.78, 5) is 12.4. The summed E-state index contributed by atoms with van der Waals surface area (Å²) in [5.41, 5.74) is 1.10. The van der Waals surface area contributed by atoms with Crippen molar-refractivity contribution in [3.05, 3.63) is 41.7 Å². The van der Waals surface area contributed by atoms with Crippen molar-refractivity contribution in [1.29, 1.82) is 0 Å². The zero-order chi connectivity index (χ0) is 18.5. The molecular weight excluding hydrogens is 314 g/mol.